The number of thioether (sulfide) groups is 1. The van der Waals surface area contributed by atoms with Gasteiger partial charge in [0.2, 0.25) is 11.8 Å². The van der Waals surface area contributed by atoms with Crippen molar-refractivity contribution in [1.29, 1.82) is 0 Å². The minimum absolute atomic E-state index is 0.102. The van der Waals surface area contributed by atoms with Crippen LogP contribution in [0.1, 0.15) is 18.4 Å². The molecule has 1 aliphatic heterocycles. The third kappa shape index (κ3) is 5.67. The molecule has 5 rings (SSSR count). The molecule has 1 aliphatic rings. The topological polar surface area (TPSA) is 89.3 Å². The van der Waals surface area contributed by atoms with Crippen molar-refractivity contribution in [2.45, 2.75) is 24.5 Å². The minimum atomic E-state index is -0.102. The Balaban J connectivity index is 1.25. The van der Waals surface area contributed by atoms with Crippen LogP contribution in [0.4, 0.5) is 5.69 Å². The molecule has 188 valence electrons. The van der Waals surface area contributed by atoms with Crippen LogP contribution in [0, 0.1) is 0 Å². The number of hydrogen-bond acceptors (Lipinski definition) is 6. The number of rotatable bonds is 9. The summed E-state index contributed by atoms with van der Waals surface area (Å²) in [6.07, 6.45) is 1.50. The van der Waals surface area contributed by atoms with E-state index in [9.17, 15) is 9.59 Å². The van der Waals surface area contributed by atoms with Gasteiger partial charge >= 0.3 is 0 Å². The Bertz CT molecular complexity index is 1390. The molecule has 3 aromatic carbocycles. The third-order valence-electron chi connectivity index (χ3n) is 6.12. The average molecular weight is 514 g/mol. The van der Waals surface area contributed by atoms with E-state index in [0.29, 0.717) is 23.9 Å². The number of nitrogens with zero attached hydrogens (tertiary/aromatic N) is 4. The van der Waals surface area contributed by atoms with E-state index in [1.165, 1.54) is 11.8 Å². The first kappa shape index (κ1) is 24.6. The van der Waals surface area contributed by atoms with E-state index in [2.05, 4.69) is 15.5 Å². The van der Waals surface area contributed by atoms with Gasteiger partial charge in [-0.3, -0.25) is 14.2 Å². The van der Waals surface area contributed by atoms with Crippen LogP contribution in [0.3, 0.4) is 0 Å². The number of para-hydroxylation sites is 1. The standard InChI is InChI=1S/C28H27N5O3S/c1-36-24-10-5-7-21(17-24)27-30-31-28(33(27)23-8-3-2-4-9-23)37-19-25(34)29-18-20-12-14-22(15-13-20)32-16-6-11-26(32)35/h2-5,7-10,12-15,17H,6,11,16,18-19H2,1H3,(H,29,34). The van der Waals surface area contributed by atoms with Crippen LogP contribution in [0.2, 0.25) is 0 Å². The lowest BCUT2D eigenvalue weighted by Crippen LogP contribution is -2.25. The smallest absolute Gasteiger partial charge is 0.230 e. The quantitative estimate of drug-likeness (QED) is 0.332. The zero-order valence-electron chi connectivity index (χ0n) is 20.5. The molecule has 1 fully saturated rings. The Morgan fingerprint density at radius 2 is 1.81 bits per heavy atom. The second kappa shape index (κ2) is 11.3. The summed E-state index contributed by atoms with van der Waals surface area (Å²) in [7, 11) is 1.63. The van der Waals surface area contributed by atoms with Crippen LogP contribution in [0.5, 0.6) is 5.75 Å². The first-order valence-corrected chi connectivity index (χ1v) is 13.0. The summed E-state index contributed by atoms with van der Waals surface area (Å²) in [6.45, 7) is 1.17. The third-order valence-corrected chi connectivity index (χ3v) is 7.05. The molecule has 0 atom stereocenters. The fraction of sp³-hybridized carbons (Fsp3) is 0.214. The van der Waals surface area contributed by atoms with Crippen LogP contribution in [-0.2, 0) is 16.1 Å². The van der Waals surface area contributed by atoms with E-state index in [1.54, 1.807) is 7.11 Å². The number of nitrogens with one attached hydrogen (secondary N) is 1. The number of amides is 2. The summed E-state index contributed by atoms with van der Waals surface area (Å²) in [6, 6.07) is 25.2. The van der Waals surface area contributed by atoms with Crippen molar-refractivity contribution >= 4 is 29.3 Å². The highest BCUT2D eigenvalue weighted by Crippen LogP contribution is 2.29. The Labute approximate surface area is 219 Å². The van der Waals surface area contributed by atoms with E-state index in [0.717, 1.165) is 41.2 Å². The fourth-order valence-electron chi connectivity index (χ4n) is 4.22. The maximum absolute atomic E-state index is 12.7. The molecule has 37 heavy (non-hydrogen) atoms. The lowest BCUT2D eigenvalue weighted by molar-refractivity contribution is -0.119. The second-order valence-electron chi connectivity index (χ2n) is 8.59. The molecule has 9 heteroatoms. The summed E-state index contributed by atoms with van der Waals surface area (Å²) in [5.74, 6) is 1.66. The van der Waals surface area contributed by atoms with Crippen LogP contribution in [0.25, 0.3) is 17.1 Å². The van der Waals surface area contributed by atoms with Crippen molar-refractivity contribution < 1.29 is 14.3 Å². The number of ether oxygens (including phenoxy) is 1. The molecule has 0 aliphatic carbocycles. The second-order valence-corrected chi connectivity index (χ2v) is 9.53. The number of anilines is 1. The van der Waals surface area contributed by atoms with Gasteiger partial charge in [-0.1, -0.05) is 54.2 Å². The van der Waals surface area contributed by atoms with E-state index in [4.69, 9.17) is 4.74 Å². The van der Waals surface area contributed by atoms with Crippen molar-refractivity contribution in [3.8, 4) is 22.8 Å². The lowest BCUT2D eigenvalue weighted by atomic mass is 10.2. The molecule has 0 saturated carbocycles. The highest BCUT2D eigenvalue weighted by molar-refractivity contribution is 7.99. The summed E-state index contributed by atoms with van der Waals surface area (Å²) in [4.78, 5) is 26.4. The van der Waals surface area contributed by atoms with Gasteiger partial charge in [0.05, 0.1) is 12.9 Å². The molecule has 2 amide bonds. The molecule has 1 aromatic heterocycles. The molecule has 4 aromatic rings. The SMILES string of the molecule is COc1cccc(-c2nnc(SCC(=O)NCc3ccc(N4CCCC4=O)cc3)n2-c2ccccc2)c1. The summed E-state index contributed by atoms with van der Waals surface area (Å²) < 4.78 is 7.32. The summed E-state index contributed by atoms with van der Waals surface area (Å²) in [5, 5.41) is 12.4. The average Bonchev–Trinajstić information content (AvgIpc) is 3.57. The first-order chi connectivity index (χ1) is 18.1. The van der Waals surface area contributed by atoms with Gasteiger partial charge in [0.1, 0.15) is 5.75 Å². The van der Waals surface area contributed by atoms with Crippen molar-refractivity contribution in [3.05, 3.63) is 84.4 Å². The molecule has 0 bridgehead atoms. The fourth-order valence-corrected chi connectivity index (χ4v) is 5.00. The molecule has 0 unspecified atom stereocenters. The molecular formula is C28H27N5O3S. The van der Waals surface area contributed by atoms with Crippen molar-refractivity contribution in [3.63, 3.8) is 0 Å². The highest BCUT2D eigenvalue weighted by atomic mass is 32.2. The lowest BCUT2D eigenvalue weighted by Gasteiger charge is -2.16. The molecule has 8 nitrogen and oxygen atoms in total. The van der Waals surface area contributed by atoms with E-state index in [-0.39, 0.29) is 17.6 Å². The number of aromatic nitrogens is 3. The zero-order valence-corrected chi connectivity index (χ0v) is 21.3. The first-order valence-electron chi connectivity index (χ1n) is 12.1. The highest BCUT2D eigenvalue weighted by Gasteiger charge is 2.21. The predicted octanol–water partition coefficient (Wildman–Crippen LogP) is 4.48. The number of carbonyl (C=O) groups excluding carboxylic acids is 2. The molecular weight excluding hydrogens is 486 g/mol. The van der Waals surface area contributed by atoms with Gasteiger partial charge in [-0.15, -0.1) is 10.2 Å². The molecule has 0 spiro atoms. The van der Waals surface area contributed by atoms with E-state index >= 15 is 0 Å². The van der Waals surface area contributed by atoms with E-state index in [1.807, 2.05) is 88.3 Å². The minimum Gasteiger partial charge on any atom is -0.497 e. The van der Waals surface area contributed by atoms with Crippen LogP contribution >= 0.6 is 11.8 Å². The summed E-state index contributed by atoms with van der Waals surface area (Å²) in [5.41, 5.74) is 3.65. The maximum atomic E-state index is 12.7. The number of benzene rings is 3. The monoisotopic (exact) mass is 513 g/mol. The molecule has 1 saturated heterocycles. The largest absolute Gasteiger partial charge is 0.497 e. The van der Waals surface area contributed by atoms with Crippen molar-refractivity contribution in [2.75, 3.05) is 24.3 Å². The summed E-state index contributed by atoms with van der Waals surface area (Å²) >= 11 is 1.33. The van der Waals surface area contributed by atoms with Crippen LogP contribution in [-0.4, -0.2) is 46.0 Å². The maximum Gasteiger partial charge on any atom is 0.230 e. The van der Waals surface area contributed by atoms with Crippen molar-refractivity contribution in [2.24, 2.45) is 0 Å². The number of carbonyl (C=O) groups is 2. The van der Waals surface area contributed by atoms with Crippen LogP contribution < -0.4 is 15.0 Å². The van der Waals surface area contributed by atoms with Gasteiger partial charge < -0.3 is 15.0 Å². The van der Waals surface area contributed by atoms with Gasteiger partial charge in [-0.25, -0.2) is 0 Å². The zero-order chi connectivity index (χ0) is 25.6. The van der Waals surface area contributed by atoms with Gasteiger partial charge in [0.15, 0.2) is 11.0 Å². The van der Waals surface area contributed by atoms with Gasteiger partial charge in [0.25, 0.3) is 0 Å². The van der Waals surface area contributed by atoms with E-state index < -0.39 is 0 Å². The van der Waals surface area contributed by atoms with Gasteiger partial charge in [0, 0.05) is 36.4 Å². The normalized spacial score (nSPS) is 13.1. The van der Waals surface area contributed by atoms with Crippen molar-refractivity contribution in [1.82, 2.24) is 20.1 Å². The number of methoxy groups -OCH3 is 1. The Hall–Kier alpha value is -4.11. The predicted molar refractivity (Wildman–Crippen MR) is 144 cm³/mol. The Kier molecular flexibility index (Phi) is 7.51. The van der Waals surface area contributed by atoms with Crippen LogP contribution in [0.15, 0.2) is 84.0 Å². The van der Waals surface area contributed by atoms with Gasteiger partial charge in [-0.2, -0.15) is 0 Å². The Morgan fingerprint density at radius 1 is 1.00 bits per heavy atom. The number of hydrogen-bond donors (Lipinski definition) is 1. The van der Waals surface area contributed by atoms with Gasteiger partial charge in [-0.05, 0) is 48.4 Å². The molecule has 2 heterocycles. The Morgan fingerprint density at radius 3 is 2.54 bits per heavy atom. The molecule has 0 radical (unpaired) electrons. The molecule has 1 N–H and O–H groups in total.